The number of Topliss-reactive ketones (excluding diaryl/α,β-unsaturated/α-hetero) is 1. The first-order valence-corrected chi connectivity index (χ1v) is 10.8. The number of rotatable bonds is 6. The Balaban J connectivity index is 1.93. The van der Waals surface area contributed by atoms with Gasteiger partial charge in [0.05, 0.1) is 17.4 Å². The van der Waals surface area contributed by atoms with Crippen molar-refractivity contribution in [1.29, 1.82) is 0 Å². The lowest BCUT2D eigenvalue weighted by molar-refractivity contribution is 0.0966. The molecule has 0 saturated heterocycles. The van der Waals surface area contributed by atoms with Crippen molar-refractivity contribution < 1.29 is 13.2 Å². The van der Waals surface area contributed by atoms with E-state index < -0.39 is 10.0 Å². The number of fused-ring (bicyclic) bond motifs is 1. The van der Waals surface area contributed by atoms with E-state index in [0.717, 1.165) is 10.0 Å². The molecule has 0 amide bonds. The molecule has 1 aromatic heterocycles. The topological polar surface area (TPSA) is 88.2 Å². The van der Waals surface area contributed by atoms with Crippen LogP contribution < -0.4 is 10.0 Å². The molecule has 3 rings (SSSR count). The van der Waals surface area contributed by atoms with Crippen molar-refractivity contribution in [3.8, 4) is 0 Å². The summed E-state index contributed by atoms with van der Waals surface area (Å²) in [6, 6.07) is 7.01. The normalized spacial score (nSPS) is 16.0. The zero-order valence-corrected chi connectivity index (χ0v) is 16.9. The number of anilines is 2. The standard InChI is InChI=1S/C18H20BrN3O3S/c1-3-7-26(24,25)22-16-6-4-5-13(11(16)2)17(23)15-10-21-18-14(15)8-12(19)9-20-18/h4-6,8-9,15,22H,3,7,10H2,1-2H3,(H,20,21). The van der Waals surface area contributed by atoms with Gasteiger partial charge in [0, 0.05) is 28.3 Å². The van der Waals surface area contributed by atoms with Crippen molar-refractivity contribution in [2.45, 2.75) is 26.2 Å². The highest BCUT2D eigenvalue weighted by molar-refractivity contribution is 9.10. The second-order valence-corrected chi connectivity index (χ2v) is 9.05. The Hall–Kier alpha value is -1.93. The Morgan fingerprint density at radius 3 is 2.92 bits per heavy atom. The van der Waals surface area contributed by atoms with Gasteiger partial charge in [-0.1, -0.05) is 19.1 Å². The first-order valence-electron chi connectivity index (χ1n) is 8.36. The molecule has 138 valence electrons. The van der Waals surface area contributed by atoms with Gasteiger partial charge in [0.2, 0.25) is 10.0 Å². The Labute approximate surface area is 161 Å². The Morgan fingerprint density at radius 1 is 1.42 bits per heavy atom. The molecule has 1 atom stereocenters. The largest absolute Gasteiger partial charge is 0.369 e. The molecule has 0 radical (unpaired) electrons. The maximum atomic E-state index is 13.1. The summed E-state index contributed by atoms with van der Waals surface area (Å²) in [4.78, 5) is 17.4. The third-order valence-electron chi connectivity index (χ3n) is 4.39. The van der Waals surface area contributed by atoms with Gasteiger partial charge in [-0.3, -0.25) is 9.52 Å². The zero-order valence-electron chi connectivity index (χ0n) is 14.5. The summed E-state index contributed by atoms with van der Waals surface area (Å²) in [7, 11) is -3.41. The summed E-state index contributed by atoms with van der Waals surface area (Å²) >= 11 is 3.39. The second kappa shape index (κ2) is 7.36. The number of sulfonamides is 1. The van der Waals surface area contributed by atoms with Gasteiger partial charge in [0.15, 0.2) is 5.78 Å². The lowest BCUT2D eigenvalue weighted by atomic mass is 9.90. The molecule has 0 bridgehead atoms. The van der Waals surface area contributed by atoms with Crippen LogP contribution in [0.15, 0.2) is 34.9 Å². The Bertz CT molecular complexity index is 960. The third kappa shape index (κ3) is 3.76. The minimum Gasteiger partial charge on any atom is -0.369 e. The molecular formula is C18H20BrN3O3S. The van der Waals surface area contributed by atoms with Crippen molar-refractivity contribution in [2.24, 2.45) is 0 Å². The van der Waals surface area contributed by atoms with Crippen molar-refractivity contribution in [1.82, 2.24) is 4.98 Å². The van der Waals surface area contributed by atoms with Crippen LogP contribution >= 0.6 is 15.9 Å². The molecule has 6 nitrogen and oxygen atoms in total. The number of aromatic nitrogens is 1. The number of ketones is 1. The minimum absolute atomic E-state index is 0.0459. The van der Waals surface area contributed by atoms with Gasteiger partial charge in [0.1, 0.15) is 5.82 Å². The Kier molecular flexibility index (Phi) is 5.34. The van der Waals surface area contributed by atoms with Crippen molar-refractivity contribution in [3.05, 3.63) is 51.6 Å². The van der Waals surface area contributed by atoms with Crippen LogP contribution in [0.5, 0.6) is 0 Å². The molecule has 1 aliphatic rings. The van der Waals surface area contributed by atoms with Gasteiger partial charge in [-0.2, -0.15) is 0 Å². The van der Waals surface area contributed by atoms with E-state index in [1.807, 2.05) is 13.0 Å². The van der Waals surface area contributed by atoms with Gasteiger partial charge >= 0.3 is 0 Å². The van der Waals surface area contributed by atoms with Crippen LogP contribution in [0.2, 0.25) is 0 Å². The molecule has 0 fully saturated rings. The summed E-state index contributed by atoms with van der Waals surface area (Å²) in [5.41, 5.74) is 2.44. The highest BCUT2D eigenvalue weighted by Gasteiger charge is 2.31. The van der Waals surface area contributed by atoms with Gasteiger partial charge in [-0.05, 0) is 47.0 Å². The van der Waals surface area contributed by atoms with Crippen LogP contribution in [0.3, 0.4) is 0 Å². The van der Waals surface area contributed by atoms with Crippen LogP contribution in [0.25, 0.3) is 0 Å². The number of nitrogens with one attached hydrogen (secondary N) is 2. The molecule has 1 aliphatic heterocycles. The lowest BCUT2D eigenvalue weighted by Gasteiger charge is -2.15. The molecule has 2 N–H and O–H groups in total. The molecule has 26 heavy (non-hydrogen) atoms. The quantitative estimate of drug-likeness (QED) is 0.672. The van der Waals surface area contributed by atoms with E-state index in [9.17, 15) is 13.2 Å². The van der Waals surface area contributed by atoms with Crippen LogP contribution in [0.1, 0.15) is 40.7 Å². The van der Waals surface area contributed by atoms with E-state index in [1.54, 1.807) is 31.3 Å². The number of benzene rings is 1. The van der Waals surface area contributed by atoms with E-state index >= 15 is 0 Å². The van der Waals surface area contributed by atoms with Crippen molar-refractivity contribution in [2.75, 3.05) is 22.3 Å². The van der Waals surface area contributed by atoms with Crippen LogP contribution in [0.4, 0.5) is 11.5 Å². The number of hydrogen-bond acceptors (Lipinski definition) is 5. The molecular weight excluding hydrogens is 418 g/mol. The average Bonchev–Trinajstić information content (AvgIpc) is 2.99. The summed E-state index contributed by atoms with van der Waals surface area (Å²) in [6.07, 6.45) is 2.21. The van der Waals surface area contributed by atoms with Crippen molar-refractivity contribution >= 4 is 43.2 Å². The zero-order chi connectivity index (χ0) is 18.9. The maximum absolute atomic E-state index is 13.1. The molecule has 0 spiro atoms. The van der Waals surface area contributed by atoms with Crippen LogP contribution in [0, 0.1) is 6.92 Å². The molecule has 1 aromatic carbocycles. The smallest absolute Gasteiger partial charge is 0.232 e. The second-order valence-electron chi connectivity index (χ2n) is 6.29. The number of hydrogen-bond donors (Lipinski definition) is 2. The van der Waals surface area contributed by atoms with Gasteiger partial charge in [0.25, 0.3) is 0 Å². The molecule has 1 unspecified atom stereocenters. The third-order valence-corrected chi connectivity index (χ3v) is 6.30. The molecule has 0 saturated carbocycles. The summed E-state index contributed by atoms with van der Waals surface area (Å²) in [6.45, 7) is 4.05. The predicted molar refractivity (Wildman–Crippen MR) is 106 cm³/mol. The molecule has 2 heterocycles. The SMILES string of the molecule is CCCS(=O)(=O)Nc1cccc(C(=O)C2CNc3ncc(Br)cc32)c1C. The number of carbonyl (C=O) groups excluding carboxylic acids is 1. The summed E-state index contributed by atoms with van der Waals surface area (Å²) < 4.78 is 27.5. The number of nitrogens with zero attached hydrogens (tertiary/aromatic N) is 1. The first-order chi connectivity index (χ1) is 12.3. The Morgan fingerprint density at radius 2 is 2.19 bits per heavy atom. The highest BCUT2D eigenvalue weighted by Crippen LogP contribution is 2.35. The van der Waals surface area contributed by atoms with Crippen LogP contribution in [-0.2, 0) is 10.0 Å². The van der Waals surface area contributed by atoms with E-state index in [1.165, 1.54) is 0 Å². The van der Waals surface area contributed by atoms with E-state index in [2.05, 4.69) is 31.0 Å². The van der Waals surface area contributed by atoms with E-state index in [-0.39, 0.29) is 17.5 Å². The minimum atomic E-state index is -3.41. The van der Waals surface area contributed by atoms with Crippen LogP contribution in [-0.4, -0.2) is 31.5 Å². The fourth-order valence-electron chi connectivity index (χ4n) is 3.10. The lowest BCUT2D eigenvalue weighted by Crippen LogP contribution is -2.19. The molecule has 0 aliphatic carbocycles. The average molecular weight is 438 g/mol. The summed E-state index contributed by atoms with van der Waals surface area (Å²) in [5.74, 6) is 0.356. The monoisotopic (exact) mass is 437 g/mol. The van der Waals surface area contributed by atoms with Gasteiger partial charge in [-0.15, -0.1) is 0 Å². The predicted octanol–water partition coefficient (Wildman–Crippen LogP) is 3.70. The van der Waals surface area contributed by atoms with Gasteiger partial charge in [-0.25, -0.2) is 13.4 Å². The highest BCUT2D eigenvalue weighted by atomic mass is 79.9. The number of halogens is 1. The van der Waals surface area contributed by atoms with E-state index in [0.29, 0.717) is 35.6 Å². The molecule has 2 aromatic rings. The van der Waals surface area contributed by atoms with E-state index in [4.69, 9.17) is 0 Å². The fourth-order valence-corrected chi connectivity index (χ4v) is 4.64. The molecule has 8 heteroatoms. The summed E-state index contributed by atoms with van der Waals surface area (Å²) in [5, 5.41) is 3.15. The van der Waals surface area contributed by atoms with Gasteiger partial charge < -0.3 is 5.32 Å². The first kappa shape index (κ1) is 18.8. The number of carbonyl (C=O) groups is 1. The number of pyridine rings is 1. The maximum Gasteiger partial charge on any atom is 0.232 e. The fraction of sp³-hybridized carbons (Fsp3) is 0.333. The van der Waals surface area contributed by atoms with Crippen molar-refractivity contribution in [3.63, 3.8) is 0 Å².